The number of rotatable bonds is 9. The maximum atomic E-state index is 11.0. The molecule has 1 aromatic heterocycles. The van der Waals surface area contributed by atoms with Crippen LogP contribution in [0.25, 0.3) is 0 Å². The van der Waals surface area contributed by atoms with Crippen LogP contribution in [-0.2, 0) is 5.54 Å². The minimum absolute atomic E-state index is 0.105. The third-order valence-corrected chi connectivity index (χ3v) is 6.79. The van der Waals surface area contributed by atoms with Crippen molar-refractivity contribution >= 4 is 11.4 Å². The molecule has 10 heteroatoms. The smallest absolute Gasteiger partial charge is 0.269 e. The van der Waals surface area contributed by atoms with Crippen molar-refractivity contribution in [2.24, 2.45) is 0 Å². The van der Waals surface area contributed by atoms with Gasteiger partial charge in [0, 0.05) is 44.0 Å². The summed E-state index contributed by atoms with van der Waals surface area (Å²) >= 11 is 0. The molecule has 1 saturated heterocycles. The molecule has 0 bridgehead atoms. The number of ether oxygens (including phenoxy) is 1. The van der Waals surface area contributed by atoms with Crippen LogP contribution in [0.4, 0.5) is 11.4 Å². The molecule has 0 radical (unpaired) electrons. The first-order valence-corrected chi connectivity index (χ1v) is 12.1. The number of anilines is 1. The fourth-order valence-electron chi connectivity index (χ4n) is 4.41. The van der Waals surface area contributed by atoms with Crippen LogP contribution < -0.4 is 9.64 Å². The van der Waals surface area contributed by atoms with Crippen molar-refractivity contribution in [1.82, 2.24) is 25.1 Å². The molecule has 2 aromatic carbocycles. The second-order valence-corrected chi connectivity index (χ2v) is 9.32. The predicted molar refractivity (Wildman–Crippen MR) is 134 cm³/mol. The second kappa shape index (κ2) is 10.4. The van der Waals surface area contributed by atoms with Crippen LogP contribution in [0, 0.1) is 10.1 Å². The van der Waals surface area contributed by atoms with Gasteiger partial charge in [-0.3, -0.25) is 15.0 Å². The summed E-state index contributed by atoms with van der Waals surface area (Å²) < 4.78 is 7.61. The molecule has 1 atom stereocenters. The van der Waals surface area contributed by atoms with Crippen molar-refractivity contribution in [2.75, 3.05) is 37.7 Å². The van der Waals surface area contributed by atoms with Crippen LogP contribution in [-0.4, -0.2) is 62.8 Å². The molecule has 0 N–H and O–H groups in total. The summed E-state index contributed by atoms with van der Waals surface area (Å²) in [5.41, 5.74) is 1.99. The number of nitro groups is 1. The Bertz CT molecular complexity index is 1120. The number of non-ortho nitro benzene ring substituents is 1. The van der Waals surface area contributed by atoms with Gasteiger partial charge in [0.05, 0.1) is 23.1 Å². The highest BCUT2D eigenvalue weighted by molar-refractivity contribution is 5.51. The van der Waals surface area contributed by atoms with E-state index in [1.165, 1.54) is 0 Å². The molecule has 3 aromatic rings. The summed E-state index contributed by atoms with van der Waals surface area (Å²) in [5.74, 6) is 1.66. The highest BCUT2D eigenvalue weighted by Crippen LogP contribution is 2.33. The van der Waals surface area contributed by atoms with Crippen molar-refractivity contribution in [2.45, 2.75) is 45.7 Å². The Labute approximate surface area is 205 Å². The van der Waals surface area contributed by atoms with Gasteiger partial charge in [0.15, 0.2) is 5.82 Å². The van der Waals surface area contributed by atoms with Gasteiger partial charge in [0.2, 0.25) is 0 Å². The van der Waals surface area contributed by atoms with Gasteiger partial charge in [0.1, 0.15) is 5.75 Å². The van der Waals surface area contributed by atoms with E-state index >= 15 is 0 Å². The zero-order valence-electron chi connectivity index (χ0n) is 20.8. The van der Waals surface area contributed by atoms with Crippen molar-refractivity contribution in [3.05, 3.63) is 70.0 Å². The summed E-state index contributed by atoms with van der Waals surface area (Å²) in [6.07, 6.45) is 0.898. The number of aromatic nitrogens is 4. The summed E-state index contributed by atoms with van der Waals surface area (Å²) in [6, 6.07) is 14.8. The molecule has 1 unspecified atom stereocenters. The normalized spacial score (nSPS) is 15.7. The monoisotopic (exact) mass is 479 g/mol. The molecule has 0 spiro atoms. The standard InChI is InChI=1S/C25H33N7O3/c1-5-25(3,4)31-24(26-27-28-31)23(19-7-13-22(14-8-19)35-6-2)30-17-15-29(16-18-30)20-9-11-21(12-10-20)32(33)34/h7-14,23H,5-6,15-18H2,1-4H3. The first kappa shape index (κ1) is 24.6. The quantitative estimate of drug-likeness (QED) is 0.335. The van der Waals surface area contributed by atoms with Gasteiger partial charge in [-0.1, -0.05) is 19.1 Å². The zero-order chi connectivity index (χ0) is 25.0. The van der Waals surface area contributed by atoms with Gasteiger partial charge in [-0.2, -0.15) is 0 Å². The Balaban J connectivity index is 1.60. The lowest BCUT2D eigenvalue weighted by atomic mass is 9.99. The number of nitrogens with zero attached hydrogens (tertiary/aromatic N) is 7. The summed E-state index contributed by atoms with van der Waals surface area (Å²) in [7, 11) is 0. The molecular weight excluding hydrogens is 446 g/mol. The van der Waals surface area contributed by atoms with Crippen LogP contribution in [0.5, 0.6) is 5.75 Å². The van der Waals surface area contributed by atoms with E-state index in [4.69, 9.17) is 4.74 Å². The lowest BCUT2D eigenvalue weighted by Crippen LogP contribution is -2.48. The van der Waals surface area contributed by atoms with E-state index in [0.717, 1.165) is 55.4 Å². The maximum Gasteiger partial charge on any atom is 0.269 e. The van der Waals surface area contributed by atoms with E-state index in [0.29, 0.717) is 6.61 Å². The largest absolute Gasteiger partial charge is 0.494 e. The third kappa shape index (κ3) is 5.27. The highest BCUT2D eigenvalue weighted by Gasteiger charge is 2.34. The van der Waals surface area contributed by atoms with Crippen LogP contribution in [0.1, 0.15) is 51.5 Å². The fraction of sp³-hybridized carbons (Fsp3) is 0.480. The molecule has 0 aliphatic carbocycles. The van der Waals surface area contributed by atoms with Crippen molar-refractivity contribution in [1.29, 1.82) is 0 Å². The predicted octanol–water partition coefficient (Wildman–Crippen LogP) is 4.04. The van der Waals surface area contributed by atoms with Gasteiger partial charge in [-0.05, 0) is 67.4 Å². The Hall–Kier alpha value is -3.53. The Morgan fingerprint density at radius 2 is 1.69 bits per heavy atom. The van der Waals surface area contributed by atoms with Crippen LogP contribution in [0.3, 0.4) is 0 Å². The fourth-order valence-corrected chi connectivity index (χ4v) is 4.41. The van der Waals surface area contributed by atoms with Crippen LogP contribution >= 0.6 is 0 Å². The molecular formula is C25H33N7O3. The molecule has 1 aliphatic rings. The lowest BCUT2D eigenvalue weighted by Gasteiger charge is -2.40. The minimum Gasteiger partial charge on any atom is -0.494 e. The van der Waals surface area contributed by atoms with Crippen molar-refractivity contribution < 1.29 is 9.66 Å². The van der Waals surface area contributed by atoms with Crippen LogP contribution in [0.2, 0.25) is 0 Å². The number of tetrazole rings is 1. The molecule has 2 heterocycles. The van der Waals surface area contributed by atoms with Gasteiger partial charge >= 0.3 is 0 Å². The SMILES string of the molecule is CCOc1ccc(C(c2nnnn2C(C)(C)CC)N2CCN(c3ccc([N+](=O)[O-])cc3)CC2)cc1. The lowest BCUT2D eigenvalue weighted by molar-refractivity contribution is -0.384. The molecule has 1 aliphatic heterocycles. The van der Waals surface area contributed by atoms with Gasteiger partial charge in [-0.25, -0.2) is 4.68 Å². The molecule has 1 fully saturated rings. The zero-order valence-corrected chi connectivity index (χ0v) is 20.8. The Morgan fingerprint density at radius 1 is 1.03 bits per heavy atom. The van der Waals surface area contributed by atoms with Crippen LogP contribution in [0.15, 0.2) is 48.5 Å². The number of piperazine rings is 1. The first-order chi connectivity index (χ1) is 16.8. The summed E-state index contributed by atoms with van der Waals surface area (Å²) in [6.45, 7) is 12.2. The average Bonchev–Trinajstić information content (AvgIpc) is 3.36. The third-order valence-electron chi connectivity index (χ3n) is 6.79. The second-order valence-electron chi connectivity index (χ2n) is 9.32. The molecule has 186 valence electrons. The molecule has 4 rings (SSSR count). The average molecular weight is 480 g/mol. The van der Waals surface area contributed by atoms with E-state index in [2.05, 4.69) is 58.2 Å². The topological polar surface area (TPSA) is 102 Å². The first-order valence-electron chi connectivity index (χ1n) is 12.1. The Morgan fingerprint density at radius 3 is 2.26 bits per heavy atom. The van der Waals surface area contributed by atoms with E-state index in [9.17, 15) is 10.1 Å². The molecule has 0 saturated carbocycles. The van der Waals surface area contributed by atoms with E-state index in [1.54, 1.807) is 12.1 Å². The Kier molecular flexibility index (Phi) is 7.30. The summed E-state index contributed by atoms with van der Waals surface area (Å²) in [5, 5.41) is 23.9. The van der Waals surface area contributed by atoms with Gasteiger partial charge in [0.25, 0.3) is 5.69 Å². The van der Waals surface area contributed by atoms with Crippen molar-refractivity contribution in [3.63, 3.8) is 0 Å². The number of hydrogen-bond donors (Lipinski definition) is 0. The summed E-state index contributed by atoms with van der Waals surface area (Å²) in [4.78, 5) is 15.3. The molecule has 0 amide bonds. The molecule has 10 nitrogen and oxygen atoms in total. The van der Waals surface area contributed by atoms with Gasteiger partial charge in [-0.15, -0.1) is 5.10 Å². The van der Waals surface area contributed by atoms with E-state index in [1.807, 2.05) is 35.9 Å². The minimum atomic E-state index is -0.370. The highest BCUT2D eigenvalue weighted by atomic mass is 16.6. The molecule has 35 heavy (non-hydrogen) atoms. The van der Waals surface area contributed by atoms with Crippen molar-refractivity contribution in [3.8, 4) is 5.75 Å². The van der Waals surface area contributed by atoms with Gasteiger partial charge < -0.3 is 9.64 Å². The van der Waals surface area contributed by atoms with E-state index < -0.39 is 0 Å². The number of hydrogen-bond acceptors (Lipinski definition) is 8. The number of nitro benzene ring substituents is 1. The maximum absolute atomic E-state index is 11.0. The number of benzene rings is 2. The van der Waals surface area contributed by atoms with E-state index in [-0.39, 0.29) is 22.2 Å².